The number of nitro groups is 1. The third-order valence-corrected chi connectivity index (χ3v) is 3.78. The van der Waals surface area contributed by atoms with Gasteiger partial charge in [-0.2, -0.15) is 5.10 Å². The Morgan fingerprint density at radius 2 is 2.26 bits per heavy atom. The lowest BCUT2D eigenvalue weighted by Crippen LogP contribution is -2.32. The van der Waals surface area contributed by atoms with Crippen molar-refractivity contribution in [2.75, 3.05) is 13.1 Å². The molecule has 0 saturated carbocycles. The Balaban J connectivity index is 2.26. The van der Waals surface area contributed by atoms with Gasteiger partial charge >= 0.3 is 5.69 Å². The third kappa shape index (κ3) is 2.94. The molecule has 1 atom stereocenters. The molecule has 1 fully saturated rings. The second-order valence-corrected chi connectivity index (χ2v) is 5.10. The summed E-state index contributed by atoms with van der Waals surface area (Å²) in [5, 5.41) is 19.0. The van der Waals surface area contributed by atoms with Crippen LogP contribution in [0, 0.1) is 16.0 Å². The molecule has 19 heavy (non-hydrogen) atoms. The molecule has 0 aliphatic carbocycles. The average Bonchev–Trinajstić information content (AvgIpc) is 2.77. The molecule has 0 bridgehead atoms. The van der Waals surface area contributed by atoms with E-state index in [1.54, 1.807) is 0 Å². The Labute approximate surface area is 113 Å². The van der Waals surface area contributed by atoms with Gasteiger partial charge in [-0.15, -0.1) is 0 Å². The normalized spacial score (nSPS) is 19.6. The number of aryl methyl sites for hydroxylation is 1. The molecule has 1 aromatic heterocycles. The summed E-state index contributed by atoms with van der Waals surface area (Å²) in [6.45, 7) is 6.73. The Morgan fingerprint density at radius 1 is 1.47 bits per heavy atom. The lowest BCUT2D eigenvalue weighted by atomic mass is 10.00. The highest BCUT2D eigenvalue weighted by Crippen LogP contribution is 2.26. The van der Waals surface area contributed by atoms with Gasteiger partial charge in [-0.1, -0.05) is 13.8 Å². The molecule has 1 aromatic rings. The van der Waals surface area contributed by atoms with Crippen molar-refractivity contribution in [3.63, 3.8) is 0 Å². The number of hydrogen-bond acceptors (Lipinski definition) is 4. The van der Waals surface area contributed by atoms with Gasteiger partial charge in [-0.05, 0) is 44.7 Å². The number of nitrogens with one attached hydrogen (secondary N) is 1. The Bertz CT molecular complexity index is 450. The summed E-state index contributed by atoms with van der Waals surface area (Å²) < 4.78 is 1.87. The Hall–Kier alpha value is -1.43. The van der Waals surface area contributed by atoms with Crippen LogP contribution in [0.15, 0.2) is 0 Å². The standard InChI is InChI=1S/C13H22N4O2/c1-3-11-13(17(18)19)12(4-2)16(15-11)9-10-6-5-7-14-8-10/h10,14H,3-9H2,1-2H3. The van der Waals surface area contributed by atoms with Crippen molar-refractivity contribution in [3.05, 3.63) is 21.5 Å². The summed E-state index contributed by atoms with van der Waals surface area (Å²) >= 11 is 0. The molecule has 1 N–H and O–H groups in total. The maximum Gasteiger partial charge on any atom is 0.313 e. The van der Waals surface area contributed by atoms with Crippen molar-refractivity contribution < 1.29 is 4.92 Å². The van der Waals surface area contributed by atoms with E-state index in [-0.39, 0.29) is 10.6 Å². The predicted octanol–water partition coefficient (Wildman–Crippen LogP) is 1.92. The zero-order chi connectivity index (χ0) is 13.8. The fourth-order valence-electron chi connectivity index (χ4n) is 2.82. The minimum atomic E-state index is -0.277. The van der Waals surface area contributed by atoms with Crippen molar-refractivity contribution in [2.24, 2.45) is 5.92 Å². The molecule has 1 aliphatic rings. The molecule has 1 aliphatic heterocycles. The highest BCUT2D eigenvalue weighted by molar-refractivity contribution is 5.41. The van der Waals surface area contributed by atoms with Crippen LogP contribution in [0.5, 0.6) is 0 Å². The van der Waals surface area contributed by atoms with Crippen LogP contribution in [0.25, 0.3) is 0 Å². The minimum Gasteiger partial charge on any atom is -0.316 e. The predicted molar refractivity (Wildman–Crippen MR) is 73.2 cm³/mol. The summed E-state index contributed by atoms with van der Waals surface area (Å²) in [6.07, 6.45) is 3.62. The highest BCUT2D eigenvalue weighted by atomic mass is 16.6. The molecule has 0 radical (unpaired) electrons. The Morgan fingerprint density at radius 3 is 2.79 bits per heavy atom. The van der Waals surface area contributed by atoms with Crippen molar-refractivity contribution in [3.8, 4) is 0 Å². The quantitative estimate of drug-likeness (QED) is 0.652. The van der Waals surface area contributed by atoms with E-state index < -0.39 is 0 Å². The van der Waals surface area contributed by atoms with Crippen LogP contribution in [-0.4, -0.2) is 27.8 Å². The van der Waals surface area contributed by atoms with Crippen LogP contribution < -0.4 is 5.32 Å². The van der Waals surface area contributed by atoms with Gasteiger partial charge in [-0.3, -0.25) is 14.8 Å². The van der Waals surface area contributed by atoms with Crippen LogP contribution in [0.2, 0.25) is 0 Å². The molecular formula is C13H22N4O2. The first-order valence-electron chi connectivity index (χ1n) is 7.11. The largest absolute Gasteiger partial charge is 0.316 e. The van der Waals surface area contributed by atoms with Crippen LogP contribution in [0.1, 0.15) is 38.1 Å². The second-order valence-electron chi connectivity index (χ2n) is 5.10. The van der Waals surface area contributed by atoms with Gasteiger partial charge in [0.1, 0.15) is 11.4 Å². The van der Waals surface area contributed by atoms with E-state index in [4.69, 9.17) is 0 Å². The molecule has 0 amide bonds. The molecule has 106 valence electrons. The minimum absolute atomic E-state index is 0.230. The molecule has 0 aromatic carbocycles. The zero-order valence-corrected chi connectivity index (χ0v) is 11.7. The van der Waals surface area contributed by atoms with Gasteiger partial charge in [0.2, 0.25) is 0 Å². The fraction of sp³-hybridized carbons (Fsp3) is 0.769. The van der Waals surface area contributed by atoms with Crippen LogP contribution in [0.3, 0.4) is 0 Å². The smallest absolute Gasteiger partial charge is 0.313 e. The molecule has 0 spiro atoms. The number of rotatable bonds is 5. The molecular weight excluding hydrogens is 244 g/mol. The Kier molecular flexibility index (Phi) is 4.52. The molecule has 1 unspecified atom stereocenters. The topological polar surface area (TPSA) is 73.0 Å². The monoisotopic (exact) mass is 266 g/mol. The second kappa shape index (κ2) is 6.14. The van der Waals surface area contributed by atoms with E-state index in [0.29, 0.717) is 24.5 Å². The van der Waals surface area contributed by atoms with Crippen LogP contribution in [0.4, 0.5) is 5.69 Å². The number of hydrogen-bond donors (Lipinski definition) is 1. The lowest BCUT2D eigenvalue weighted by Gasteiger charge is -2.23. The van der Waals surface area contributed by atoms with Crippen LogP contribution in [-0.2, 0) is 19.4 Å². The summed E-state index contributed by atoms with van der Waals surface area (Å²) in [5.41, 5.74) is 1.62. The average molecular weight is 266 g/mol. The number of aromatic nitrogens is 2. The van der Waals surface area contributed by atoms with Gasteiger partial charge in [0.05, 0.1) is 4.92 Å². The fourth-order valence-corrected chi connectivity index (χ4v) is 2.82. The molecule has 2 rings (SSSR count). The summed E-state index contributed by atoms with van der Waals surface area (Å²) in [6, 6.07) is 0. The first-order chi connectivity index (χ1) is 9.17. The van der Waals surface area contributed by atoms with E-state index in [0.717, 1.165) is 25.3 Å². The van der Waals surface area contributed by atoms with Gasteiger partial charge in [0.25, 0.3) is 0 Å². The van der Waals surface area contributed by atoms with Crippen LogP contribution >= 0.6 is 0 Å². The van der Waals surface area contributed by atoms with E-state index in [1.807, 2.05) is 18.5 Å². The SMILES string of the molecule is CCc1nn(CC2CCCNC2)c(CC)c1[N+](=O)[O-]. The van der Waals surface area contributed by atoms with Gasteiger partial charge in [0.15, 0.2) is 0 Å². The van der Waals surface area contributed by atoms with E-state index in [1.165, 1.54) is 12.8 Å². The highest BCUT2D eigenvalue weighted by Gasteiger charge is 2.26. The summed E-state index contributed by atoms with van der Waals surface area (Å²) in [4.78, 5) is 10.9. The summed E-state index contributed by atoms with van der Waals surface area (Å²) in [7, 11) is 0. The van der Waals surface area contributed by atoms with E-state index in [9.17, 15) is 10.1 Å². The van der Waals surface area contributed by atoms with Gasteiger partial charge < -0.3 is 5.32 Å². The zero-order valence-electron chi connectivity index (χ0n) is 11.7. The number of nitrogens with zero attached hydrogens (tertiary/aromatic N) is 3. The van der Waals surface area contributed by atoms with Crippen molar-refractivity contribution in [1.82, 2.24) is 15.1 Å². The first kappa shape index (κ1) is 14.0. The maximum atomic E-state index is 11.2. The first-order valence-corrected chi connectivity index (χ1v) is 7.11. The van der Waals surface area contributed by atoms with Gasteiger partial charge in [0, 0.05) is 6.54 Å². The van der Waals surface area contributed by atoms with Crippen molar-refractivity contribution in [2.45, 2.75) is 46.1 Å². The number of piperidine rings is 1. The van der Waals surface area contributed by atoms with Crippen molar-refractivity contribution >= 4 is 5.69 Å². The van der Waals surface area contributed by atoms with Crippen molar-refractivity contribution in [1.29, 1.82) is 0 Å². The molecule has 2 heterocycles. The summed E-state index contributed by atoms with van der Waals surface area (Å²) in [5.74, 6) is 0.531. The molecule has 6 heteroatoms. The van der Waals surface area contributed by atoms with E-state index in [2.05, 4.69) is 10.4 Å². The molecule has 1 saturated heterocycles. The molecule has 6 nitrogen and oxygen atoms in total. The lowest BCUT2D eigenvalue weighted by molar-refractivity contribution is -0.386. The maximum absolute atomic E-state index is 11.2. The van der Waals surface area contributed by atoms with E-state index >= 15 is 0 Å². The van der Waals surface area contributed by atoms with Gasteiger partial charge in [-0.25, -0.2) is 0 Å². The third-order valence-electron chi connectivity index (χ3n) is 3.78.